The van der Waals surface area contributed by atoms with Crippen molar-refractivity contribution >= 4 is 5.91 Å². The third-order valence-corrected chi connectivity index (χ3v) is 4.46. The Bertz CT molecular complexity index is 651. The number of fused-ring (bicyclic) bond motifs is 1. The molecule has 3 nitrogen and oxygen atoms in total. The van der Waals surface area contributed by atoms with Crippen LogP contribution >= 0.6 is 0 Å². The molecule has 22 heavy (non-hydrogen) atoms. The highest BCUT2D eigenvalue weighted by molar-refractivity contribution is 5.94. The van der Waals surface area contributed by atoms with Gasteiger partial charge in [0.05, 0.1) is 5.60 Å². The van der Waals surface area contributed by atoms with Crippen LogP contribution in [0.2, 0.25) is 0 Å². The van der Waals surface area contributed by atoms with Crippen molar-refractivity contribution in [1.29, 1.82) is 0 Å². The lowest BCUT2D eigenvalue weighted by Crippen LogP contribution is -2.45. The van der Waals surface area contributed by atoms with E-state index in [0.717, 1.165) is 18.4 Å². The van der Waals surface area contributed by atoms with Gasteiger partial charge in [0.2, 0.25) is 0 Å². The van der Waals surface area contributed by atoms with Crippen molar-refractivity contribution in [1.82, 2.24) is 5.32 Å². The van der Waals surface area contributed by atoms with Gasteiger partial charge in [-0.15, -0.1) is 0 Å². The monoisotopic (exact) mass is 295 g/mol. The first kappa shape index (κ1) is 14.8. The number of nitrogens with one attached hydrogen (secondary N) is 1. The van der Waals surface area contributed by atoms with Crippen LogP contribution < -0.4 is 5.32 Å². The topological polar surface area (TPSA) is 38.3 Å². The lowest BCUT2D eigenvalue weighted by Gasteiger charge is -2.27. The molecule has 0 unspecified atom stereocenters. The SMILES string of the molecule is COC1(CNC(=O)c2ccc(C)cc2)Cc2ccccc2C1. The molecular formula is C19H21NO2. The van der Waals surface area contributed by atoms with Crippen LogP contribution in [-0.4, -0.2) is 25.2 Å². The van der Waals surface area contributed by atoms with E-state index in [1.807, 2.05) is 31.2 Å². The van der Waals surface area contributed by atoms with Crippen molar-refractivity contribution < 1.29 is 9.53 Å². The van der Waals surface area contributed by atoms with Crippen molar-refractivity contribution in [2.75, 3.05) is 13.7 Å². The summed E-state index contributed by atoms with van der Waals surface area (Å²) in [7, 11) is 1.73. The van der Waals surface area contributed by atoms with Crippen LogP contribution in [0, 0.1) is 6.92 Å². The first-order chi connectivity index (χ1) is 10.6. The molecule has 1 aliphatic carbocycles. The highest BCUT2D eigenvalue weighted by atomic mass is 16.5. The molecule has 0 spiro atoms. The van der Waals surface area contributed by atoms with E-state index < -0.39 is 0 Å². The van der Waals surface area contributed by atoms with Crippen LogP contribution in [0.25, 0.3) is 0 Å². The Hall–Kier alpha value is -2.13. The summed E-state index contributed by atoms with van der Waals surface area (Å²) in [5.41, 5.74) is 4.13. The average molecular weight is 295 g/mol. The zero-order chi connectivity index (χ0) is 15.6. The molecule has 114 valence electrons. The molecule has 0 saturated heterocycles. The fourth-order valence-electron chi connectivity index (χ4n) is 3.05. The molecule has 0 bridgehead atoms. The molecule has 1 aliphatic rings. The van der Waals surface area contributed by atoms with E-state index in [-0.39, 0.29) is 11.5 Å². The molecule has 1 N–H and O–H groups in total. The Labute approximate surface area is 131 Å². The smallest absolute Gasteiger partial charge is 0.251 e. The van der Waals surface area contributed by atoms with Gasteiger partial charge >= 0.3 is 0 Å². The van der Waals surface area contributed by atoms with Gasteiger partial charge in [-0.3, -0.25) is 4.79 Å². The maximum Gasteiger partial charge on any atom is 0.251 e. The maximum atomic E-state index is 12.3. The van der Waals surface area contributed by atoms with Gasteiger partial charge in [0.1, 0.15) is 0 Å². The molecule has 0 radical (unpaired) electrons. The second kappa shape index (κ2) is 5.93. The summed E-state index contributed by atoms with van der Waals surface area (Å²) < 4.78 is 5.77. The third-order valence-electron chi connectivity index (χ3n) is 4.46. The molecule has 0 atom stereocenters. The Morgan fingerprint density at radius 1 is 1.09 bits per heavy atom. The highest BCUT2D eigenvalue weighted by Crippen LogP contribution is 2.32. The molecule has 0 fully saturated rings. The van der Waals surface area contributed by atoms with E-state index in [0.29, 0.717) is 12.1 Å². The minimum absolute atomic E-state index is 0.0487. The minimum Gasteiger partial charge on any atom is -0.376 e. The summed E-state index contributed by atoms with van der Waals surface area (Å²) in [6.45, 7) is 2.53. The number of amides is 1. The Morgan fingerprint density at radius 3 is 2.23 bits per heavy atom. The van der Waals surface area contributed by atoms with E-state index in [2.05, 4.69) is 29.6 Å². The summed E-state index contributed by atoms with van der Waals surface area (Å²) in [6.07, 6.45) is 1.68. The predicted molar refractivity (Wildman–Crippen MR) is 87.1 cm³/mol. The molecule has 3 heteroatoms. The highest BCUT2D eigenvalue weighted by Gasteiger charge is 2.37. The number of rotatable bonds is 4. The standard InChI is InChI=1S/C19H21NO2/c1-14-7-9-15(10-8-14)18(21)20-13-19(22-2)11-16-5-3-4-6-17(16)12-19/h3-10H,11-13H2,1-2H3,(H,20,21). The van der Waals surface area contributed by atoms with Crippen LogP contribution in [0.5, 0.6) is 0 Å². The molecule has 3 rings (SSSR count). The Kier molecular flexibility index (Phi) is 3.99. The van der Waals surface area contributed by atoms with E-state index in [4.69, 9.17) is 4.74 Å². The summed E-state index contributed by atoms with van der Waals surface area (Å²) in [5, 5.41) is 3.02. The minimum atomic E-state index is -0.329. The van der Waals surface area contributed by atoms with Crippen molar-refractivity contribution in [2.24, 2.45) is 0 Å². The third kappa shape index (κ3) is 2.90. The number of carbonyl (C=O) groups is 1. The second-order valence-corrected chi connectivity index (χ2v) is 6.06. The second-order valence-electron chi connectivity index (χ2n) is 6.06. The van der Waals surface area contributed by atoms with Crippen LogP contribution in [-0.2, 0) is 17.6 Å². The summed E-state index contributed by atoms with van der Waals surface area (Å²) in [5.74, 6) is -0.0487. The number of benzene rings is 2. The zero-order valence-corrected chi connectivity index (χ0v) is 13.1. The van der Waals surface area contributed by atoms with Crippen molar-refractivity contribution in [2.45, 2.75) is 25.4 Å². The van der Waals surface area contributed by atoms with E-state index in [1.165, 1.54) is 11.1 Å². The number of ether oxygens (including phenoxy) is 1. The fourth-order valence-corrected chi connectivity index (χ4v) is 3.05. The fraction of sp³-hybridized carbons (Fsp3) is 0.316. The van der Waals surface area contributed by atoms with Gasteiger partial charge in [0.25, 0.3) is 5.91 Å². The van der Waals surface area contributed by atoms with E-state index in [9.17, 15) is 4.79 Å². The predicted octanol–water partition coefficient (Wildman–Crippen LogP) is 2.91. The molecule has 1 amide bonds. The Morgan fingerprint density at radius 2 is 1.68 bits per heavy atom. The molecule has 0 heterocycles. The van der Waals surface area contributed by atoms with E-state index >= 15 is 0 Å². The number of carbonyl (C=O) groups excluding carboxylic acids is 1. The van der Waals surface area contributed by atoms with Gasteiger partial charge in [-0.2, -0.15) is 0 Å². The number of aryl methyl sites for hydroxylation is 1. The summed E-state index contributed by atoms with van der Waals surface area (Å²) in [4.78, 5) is 12.3. The van der Waals surface area contributed by atoms with Gasteiger partial charge in [0.15, 0.2) is 0 Å². The number of methoxy groups -OCH3 is 1. The molecular weight excluding hydrogens is 274 g/mol. The molecule has 2 aromatic carbocycles. The largest absolute Gasteiger partial charge is 0.376 e. The normalized spacial score (nSPS) is 15.4. The van der Waals surface area contributed by atoms with Gasteiger partial charge in [-0.25, -0.2) is 0 Å². The summed E-state index contributed by atoms with van der Waals surface area (Å²) >= 11 is 0. The average Bonchev–Trinajstić information content (AvgIpc) is 2.92. The molecule has 2 aromatic rings. The number of hydrogen-bond acceptors (Lipinski definition) is 2. The van der Waals surface area contributed by atoms with E-state index in [1.54, 1.807) is 7.11 Å². The van der Waals surface area contributed by atoms with Gasteiger partial charge in [-0.1, -0.05) is 42.0 Å². The molecule has 0 saturated carbocycles. The van der Waals surface area contributed by atoms with Crippen LogP contribution in [0.1, 0.15) is 27.0 Å². The Balaban J connectivity index is 1.67. The molecule has 0 aromatic heterocycles. The zero-order valence-electron chi connectivity index (χ0n) is 13.1. The lowest BCUT2D eigenvalue weighted by atomic mass is 10.00. The first-order valence-corrected chi connectivity index (χ1v) is 7.59. The molecule has 0 aliphatic heterocycles. The van der Waals surface area contributed by atoms with Crippen molar-refractivity contribution in [3.8, 4) is 0 Å². The first-order valence-electron chi connectivity index (χ1n) is 7.59. The lowest BCUT2D eigenvalue weighted by molar-refractivity contribution is 0.000176. The van der Waals surface area contributed by atoms with Crippen molar-refractivity contribution in [3.63, 3.8) is 0 Å². The van der Waals surface area contributed by atoms with Crippen LogP contribution in [0.3, 0.4) is 0 Å². The van der Waals surface area contributed by atoms with Gasteiger partial charge < -0.3 is 10.1 Å². The summed E-state index contributed by atoms with van der Waals surface area (Å²) in [6, 6.07) is 16.0. The number of hydrogen-bond donors (Lipinski definition) is 1. The maximum absolute atomic E-state index is 12.3. The quantitative estimate of drug-likeness (QED) is 0.942. The van der Waals surface area contributed by atoms with Gasteiger partial charge in [-0.05, 0) is 30.2 Å². The van der Waals surface area contributed by atoms with Crippen molar-refractivity contribution in [3.05, 3.63) is 70.8 Å². The van der Waals surface area contributed by atoms with Crippen LogP contribution in [0.4, 0.5) is 0 Å². The van der Waals surface area contributed by atoms with Crippen LogP contribution in [0.15, 0.2) is 48.5 Å². The van der Waals surface area contributed by atoms with Gasteiger partial charge in [0, 0.05) is 32.1 Å².